The van der Waals surface area contributed by atoms with E-state index in [-0.39, 0.29) is 0 Å². The van der Waals surface area contributed by atoms with Crippen LogP contribution >= 0.6 is 0 Å². The van der Waals surface area contributed by atoms with Crippen molar-refractivity contribution in [2.45, 2.75) is 0 Å². The molecule has 10 aromatic carbocycles. The summed E-state index contributed by atoms with van der Waals surface area (Å²) >= 11 is 0. The van der Waals surface area contributed by atoms with Crippen LogP contribution in [0.2, 0.25) is 0 Å². The molecule has 1 aromatic heterocycles. The van der Waals surface area contributed by atoms with Crippen LogP contribution in [-0.4, -0.2) is 0 Å². The molecule has 292 valence electrons. The Morgan fingerprint density at radius 1 is 0.242 bits per heavy atom. The van der Waals surface area contributed by atoms with Crippen LogP contribution < -0.4 is 4.90 Å². The van der Waals surface area contributed by atoms with Gasteiger partial charge < -0.3 is 9.32 Å². The van der Waals surface area contributed by atoms with Crippen LogP contribution in [-0.2, 0) is 0 Å². The number of hydrogen-bond acceptors (Lipinski definition) is 2. The van der Waals surface area contributed by atoms with Crippen LogP contribution in [0.25, 0.3) is 88.7 Å². The fourth-order valence-electron chi connectivity index (χ4n) is 8.86. The maximum Gasteiger partial charge on any atom is 0.143 e. The number of hydrogen-bond donors (Lipinski definition) is 0. The molecular weight excluding hydrogens is 751 g/mol. The molecular formula is C60H41NO. The first-order chi connectivity index (χ1) is 30.7. The van der Waals surface area contributed by atoms with Crippen molar-refractivity contribution in [2.75, 3.05) is 4.90 Å². The van der Waals surface area contributed by atoms with E-state index in [0.29, 0.717) is 0 Å². The van der Waals surface area contributed by atoms with Gasteiger partial charge in [0.15, 0.2) is 0 Å². The topological polar surface area (TPSA) is 16.4 Å². The Morgan fingerprint density at radius 3 is 1.29 bits per heavy atom. The summed E-state index contributed by atoms with van der Waals surface area (Å²) in [5, 5.41) is 2.26. The fraction of sp³-hybridized carbons (Fsp3) is 0. The standard InChI is InChI=1S/C60H41NO/c1-5-16-42(17-6-1)43-28-33-49(34-29-43)61(51-37-39-52(45-18-7-2-8-19-45)58(41-51)47-22-11-4-12-23-47)50-35-30-44(31-36-50)48-32-38-53(57(40-48)46-20-9-3-10-21-46)55-25-15-26-56-54-24-13-14-27-59(54)62-60(55)56/h1-41H. The summed E-state index contributed by atoms with van der Waals surface area (Å²) in [4.78, 5) is 2.37. The molecule has 0 aliphatic heterocycles. The second-order valence-corrected chi connectivity index (χ2v) is 15.7. The highest BCUT2D eigenvalue weighted by molar-refractivity contribution is 6.10. The van der Waals surface area contributed by atoms with Gasteiger partial charge in [-0.15, -0.1) is 0 Å². The molecule has 0 aliphatic rings. The lowest BCUT2D eigenvalue weighted by molar-refractivity contribution is 0.670. The average Bonchev–Trinajstić information content (AvgIpc) is 3.75. The van der Waals surface area contributed by atoms with Gasteiger partial charge in [0.2, 0.25) is 0 Å². The maximum atomic E-state index is 6.54. The van der Waals surface area contributed by atoms with Gasteiger partial charge in [0.05, 0.1) is 0 Å². The number of furan rings is 1. The van der Waals surface area contributed by atoms with Crippen molar-refractivity contribution < 1.29 is 4.42 Å². The highest BCUT2D eigenvalue weighted by atomic mass is 16.3. The third-order valence-electron chi connectivity index (χ3n) is 11.9. The van der Waals surface area contributed by atoms with Gasteiger partial charge in [-0.3, -0.25) is 0 Å². The highest BCUT2D eigenvalue weighted by Crippen LogP contribution is 2.44. The number of nitrogens with zero attached hydrogens (tertiary/aromatic N) is 1. The molecule has 11 rings (SSSR count). The summed E-state index contributed by atoms with van der Waals surface area (Å²) in [6.45, 7) is 0. The lowest BCUT2D eigenvalue weighted by atomic mass is 9.90. The lowest BCUT2D eigenvalue weighted by Gasteiger charge is -2.27. The zero-order chi connectivity index (χ0) is 41.2. The van der Waals surface area contributed by atoms with E-state index in [1.807, 2.05) is 12.1 Å². The van der Waals surface area contributed by atoms with E-state index < -0.39 is 0 Å². The zero-order valence-electron chi connectivity index (χ0n) is 34.0. The van der Waals surface area contributed by atoms with Crippen LogP contribution in [0.3, 0.4) is 0 Å². The van der Waals surface area contributed by atoms with Crippen LogP contribution in [0.4, 0.5) is 17.1 Å². The molecule has 1 heterocycles. The zero-order valence-corrected chi connectivity index (χ0v) is 34.0. The van der Waals surface area contributed by atoms with E-state index in [1.54, 1.807) is 0 Å². The summed E-state index contributed by atoms with van der Waals surface area (Å²) in [6.07, 6.45) is 0. The first kappa shape index (κ1) is 36.8. The molecule has 0 saturated carbocycles. The number of para-hydroxylation sites is 2. The van der Waals surface area contributed by atoms with Gasteiger partial charge in [0, 0.05) is 33.4 Å². The number of fused-ring (bicyclic) bond motifs is 3. The summed E-state index contributed by atoms with van der Waals surface area (Å²) in [5.41, 5.74) is 19.0. The Kier molecular flexibility index (Phi) is 9.57. The second kappa shape index (κ2) is 16.1. The van der Waals surface area contributed by atoms with Crippen molar-refractivity contribution in [3.63, 3.8) is 0 Å². The lowest BCUT2D eigenvalue weighted by Crippen LogP contribution is -2.10. The first-order valence-corrected chi connectivity index (χ1v) is 21.2. The van der Waals surface area contributed by atoms with Gasteiger partial charge in [-0.2, -0.15) is 0 Å². The molecule has 0 amide bonds. The monoisotopic (exact) mass is 791 g/mol. The molecule has 2 heteroatoms. The van der Waals surface area contributed by atoms with Crippen LogP contribution in [0.1, 0.15) is 0 Å². The Balaban J connectivity index is 1.02. The van der Waals surface area contributed by atoms with E-state index >= 15 is 0 Å². The predicted octanol–water partition coefficient (Wildman–Crippen LogP) is 17.1. The molecule has 0 fully saturated rings. The van der Waals surface area contributed by atoms with Gasteiger partial charge in [-0.05, 0) is 110 Å². The molecule has 0 saturated heterocycles. The van der Waals surface area contributed by atoms with Gasteiger partial charge in [0.1, 0.15) is 11.2 Å². The Bertz CT molecular complexity index is 3300. The minimum Gasteiger partial charge on any atom is -0.455 e. The fourth-order valence-corrected chi connectivity index (χ4v) is 8.86. The summed E-state index contributed by atoms with van der Waals surface area (Å²) < 4.78 is 6.54. The maximum absolute atomic E-state index is 6.54. The van der Waals surface area contributed by atoms with E-state index in [4.69, 9.17) is 4.42 Å². The molecule has 0 unspecified atom stereocenters. The first-order valence-electron chi connectivity index (χ1n) is 21.2. The van der Waals surface area contributed by atoms with Crippen LogP contribution in [0.15, 0.2) is 253 Å². The third-order valence-corrected chi connectivity index (χ3v) is 11.9. The molecule has 0 radical (unpaired) electrons. The molecule has 11 aromatic rings. The van der Waals surface area contributed by atoms with E-state index in [2.05, 4.69) is 241 Å². The largest absolute Gasteiger partial charge is 0.455 e. The van der Waals surface area contributed by atoms with Crippen molar-refractivity contribution in [1.82, 2.24) is 0 Å². The SMILES string of the molecule is c1ccc(-c2ccc(N(c3ccc(-c4ccc(-c5cccc6c5oc5ccccc56)c(-c5ccccc5)c4)cc3)c3ccc(-c4ccccc4)c(-c4ccccc4)c3)cc2)cc1. The van der Waals surface area contributed by atoms with Gasteiger partial charge >= 0.3 is 0 Å². The van der Waals surface area contributed by atoms with Crippen LogP contribution in [0.5, 0.6) is 0 Å². The summed E-state index contributed by atoms with van der Waals surface area (Å²) in [5.74, 6) is 0. The Hall–Kier alpha value is -8.20. The number of rotatable bonds is 9. The van der Waals surface area contributed by atoms with Crippen molar-refractivity contribution >= 4 is 39.0 Å². The minimum absolute atomic E-state index is 0.900. The molecule has 2 nitrogen and oxygen atoms in total. The number of anilines is 3. The Labute approximate surface area is 362 Å². The average molecular weight is 792 g/mol. The Morgan fingerprint density at radius 2 is 0.677 bits per heavy atom. The van der Waals surface area contributed by atoms with Crippen molar-refractivity contribution in [3.05, 3.63) is 249 Å². The molecule has 0 bridgehead atoms. The summed E-state index contributed by atoms with van der Waals surface area (Å²) in [7, 11) is 0. The van der Waals surface area contributed by atoms with Gasteiger partial charge in [-0.25, -0.2) is 0 Å². The molecule has 0 spiro atoms. The molecule has 62 heavy (non-hydrogen) atoms. The van der Waals surface area contributed by atoms with Gasteiger partial charge in [0.25, 0.3) is 0 Å². The second-order valence-electron chi connectivity index (χ2n) is 15.7. The van der Waals surface area contributed by atoms with E-state index in [9.17, 15) is 0 Å². The van der Waals surface area contributed by atoms with Crippen molar-refractivity contribution in [1.29, 1.82) is 0 Å². The highest BCUT2D eigenvalue weighted by Gasteiger charge is 2.19. The van der Waals surface area contributed by atoms with Gasteiger partial charge in [-0.1, -0.05) is 200 Å². The summed E-state index contributed by atoms with van der Waals surface area (Å²) in [6, 6.07) is 89.0. The quantitative estimate of drug-likeness (QED) is 0.145. The predicted molar refractivity (Wildman–Crippen MR) is 261 cm³/mol. The van der Waals surface area contributed by atoms with E-state index in [0.717, 1.165) is 72.4 Å². The third kappa shape index (κ3) is 6.94. The molecule has 0 N–H and O–H groups in total. The van der Waals surface area contributed by atoms with Crippen molar-refractivity contribution in [3.8, 4) is 66.8 Å². The van der Waals surface area contributed by atoms with Crippen LogP contribution in [0, 0.1) is 0 Å². The molecule has 0 aliphatic carbocycles. The molecule has 0 atom stereocenters. The van der Waals surface area contributed by atoms with E-state index in [1.165, 1.54) is 33.4 Å². The normalized spacial score (nSPS) is 11.2. The van der Waals surface area contributed by atoms with Crippen molar-refractivity contribution in [2.24, 2.45) is 0 Å². The smallest absolute Gasteiger partial charge is 0.143 e. The number of benzene rings is 10. The minimum atomic E-state index is 0.900.